The Morgan fingerprint density at radius 1 is 1.26 bits per heavy atom. The van der Waals surface area contributed by atoms with Crippen LogP contribution in [0.3, 0.4) is 0 Å². The molecule has 1 aromatic carbocycles. The highest BCUT2D eigenvalue weighted by molar-refractivity contribution is 7.80. The fourth-order valence-electron chi connectivity index (χ4n) is 1.56. The van der Waals surface area contributed by atoms with E-state index in [0.717, 1.165) is 23.5 Å². The molecule has 0 saturated carbocycles. The molecule has 0 radical (unpaired) electrons. The molecule has 3 nitrogen and oxygen atoms in total. The molecule has 2 aromatic rings. The number of nitrogens with two attached hydrogens (primary N) is 1. The molecular weight excluding hydrogens is 275 g/mol. The summed E-state index contributed by atoms with van der Waals surface area (Å²) in [7, 11) is 0. The maximum atomic E-state index is 12.4. The summed E-state index contributed by atoms with van der Waals surface area (Å²) < 4.78 is 38.4. The van der Waals surface area contributed by atoms with Crippen LogP contribution >= 0.6 is 12.2 Å². The number of hydrogen-bond donors (Lipinski definition) is 1. The van der Waals surface area contributed by atoms with Crippen LogP contribution in [0.25, 0.3) is 0 Å². The normalized spacial score (nSPS) is 11.5. The lowest BCUT2D eigenvalue weighted by Crippen LogP contribution is -2.09. The van der Waals surface area contributed by atoms with E-state index < -0.39 is 11.7 Å². The van der Waals surface area contributed by atoms with Crippen LogP contribution in [-0.2, 0) is 12.7 Å². The Hall–Kier alpha value is -1.89. The summed E-state index contributed by atoms with van der Waals surface area (Å²) in [6, 6.07) is 6.96. The molecule has 0 saturated heterocycles. The highest BCUT2D eigenvalue weighted by Crippen LogP contribution is 2.28. The van der Waals surface area contributed by atoms with Crippen LogP contribution in [0.15, 0.2) is 36.7 Å². The highest BCUT2D eigenvalue weighted by atomic mass is 32.1. The monoisotopic (exact) mass is 285 g/mol. The average Bonchev–Trinajstić information content (AvgIpc) is 2.78. The third-order valence-electron chi connectivity index (χ3n) is 2.54. The SMILES string of the molecule is NC(=S)c1ccc(Cn2cc(C(F)(F)F)cn2)cc1. The molecule has 0 aliphatic heterocycles. The van der Waals surface area contributed by atoms with Gasteiger partial charge in [-0.15, -0.1) is 0 Å². The van der Waals surface area contributed by atoms with E-state index in [4.69, 9.17) is 18.0 Å². The van der Waals surface area contributed by atoms with Crippen molar-refractivity contribution in [2.24, 2.45) is 5.73 Å². The molecule has 7 heteroatoms. The summed E-state index contributed by atoms with van der Waals surface area (Å²) >= 11 is 4.81. The first-order valence-electron chi connectivity index (χ1n) is 5.34. The van der Waals surface area contributed by atoms with Gasteiger partial charge >= 0.3 is 6.18 Å². The van der Waals surface area contributed by atoms with Crippen LogP contribution in [0.5, 0.6) is 0 Å². The lowest BCUT2D eigenvalue weighted by molar-refractivity contribution is -0.137. The van der Waals surface area contributed by atoms with Crippen molar-refractivity contribution in [3.63, 3.8) is 0 Å². The van der Waals surface area contributed by atoms with E-state index in [2.05, 4.69) is 5.10 Å². The Bertz CT molecular complexity index is 587. The van der Waals surface area contributed by atoms with E-state index in [1.807, 2.05) is 0 Å². The first-order valence-corrected chi connectivity index (χ1v) is 5.75. The Labute approximate surface area is 112 Å². The zero-order valence-corrected chi connectivity index (χ0v) is 10.5. The number of thiocarbonyl (C=S) groups is 1. The van der Waals surface area contributed by atoms with Crippen LogP contribution in [0.2, 0.25) is 0 Å². The summed E-state index contributed by atoms with van der Waals surface area (Å²) in [5.41, 5.74) is 6.23. The van der Waals surface area contributed by atoms with Gasteiger partial charge in [0.15, 0.2) is 0 Å². The molecule has 1 heterocycles. The first kappa shape index (κ1) is 13.5. The van der Waals surface area contributed by atoms with Gasteiger partial charge in [0.2, 0.25) is 0 Å². The van der Waals surface area contributed by atoms with E-state index in [-0.39, 0.29) is 11.5 Å². The standard InChI is InChI=1S/C12H10F3N3S/c13-12(14,15)10-5-17-18(7-10)6-8-1-3-9(4-2-8)11(16)19/h1-5,7H,6H2,(H2,16,19). The Morgan fingerprint density at radius 3 is 2.37 bits per heavy atom. The average molecular weight is 285 g/mol. The van der Waals surface area contributed by atoms with Crippen molar-refractivity contribution < 1.29 is 13.2 Å². The highest BCUT2D eigenvalue weighted by Gasteiger charge is 2.32. The second-order valence-electron chi connectivity index (χ2n) is 3.99. The molecule has 0 spiro atoms. The number of rotatable bonds is 3. The van der Waals surface area contributed by atoms with Gasteiger partial charge in [-0.3, -0.25) is 4.68 Å². The molecule has 100 valence electrons. The van der Waals surface area contributed by atoms with Crippen LogP contribution < -0.4 is 5.73 Å². The molecule has 19 heavy (non-hydrogen) atoms. The van der Waals surface area contributed by atoms with E-state index >= 15 is 0 Å². The Morgan fingerprint density at radius 2 is 1.89 bits per heavy atom. The molecule has 2 rings (SSSR count). The molecule has 0 atom stereocenters. The molecule has 1 aromatic heterocycles. The Kier molecular flexibility index (Phi) is 3.57. The number of aromatic nitrogens is 2. The van der Waals surface area contributed by atoms with Gasteiger partial charge in [-0.2, -0.15) is 18.3 Å². The molecule has 0 fully saturated rings. The van der Waals surface area contributed by atoms with E-state index in [0.29, 0.717) is 0 Å². The predicted molar refractivity (Wildman–Crippen MR) is 68.7 cm³/mol. The third-order valence-corrected chi connectivity index (χ3v) is 2.78. The van der Waals surface area contributed by atoms with Crippen LogP contribution in [0, 0.1) is 0 Å². The smallest absolute Gasteiger partial charge is 0.389 e. The molecule has 2 N–H and O–H groups in total. The molecule has 0 aliphatic rings. The van der Waals surface area contributed by atoms with Crippen LogP contribution in [0.4, 0.5) is 13.2 Å². The van der Waals surface area contributed by atoms with Gasteiger partial charge in [0.1, 0.15) is 4.99 Å². The van der Waals surface area contributed by atoms with Crippen LogP contribution in [-0.4, -0.2) is 14.8 Å². The lowest BCUT2D eigenvalue weighted by Gasteiger charge is -2.04. The summed E-state index contributed by atoms with van der Waals surface area (Å²) in [4.78, 5) is 0.282. The van der Waals surface area contributed by atoms with Gasteiger partial charge < -0.3 is 5.73 Å². The number of nitrogens with zero attached hydrogens (tertiary/aromatic N) is 2. The van der Waals surface area contributed by atoms with Crippen molar-refractivity contribution in [2.45, 2.75) is 12.7 Å². The van der Waals surface area contributed by atoms with E-state index in [1.54, 1.807) is 24.3 Å². The topological polar surface area (TPSA) is 43.8 Å². The zero-order valence-electron chi connectivity index (χ0n) is 9.69. The fourth-order valence-corrected chi connectivity index (χ4v) is 1.69. The molecule has 0 unspecified atom stereocenters. The van der Waals surface area contributed by atoms with Gasteiger partial charge in [-0.1, -0.05) is 36.5 Å². The number of halogens is 3. The first-order chi connectivity index (χ1) is 8.86. The minimum absolute atomic E-state index is 0.258. The lowest BCUT2D eigenvalue weighted by atomic mass is 10.1. The van der Waals surface area contributed by atoms with Crippen molar-refractivity contribution in [2.75, 3.05) is 0 Å². The van der Waals surface area contributed by atoms with Crippen molar-refractivity contribution in [1.82, 2.24) is 9.78 Å². The molecule has 0 aliphatic carbocycles. The van der Waals surface area contributed by atoms with Gasteiger partial charge in [0.05, 0.1) is 18.3 Å². The van der Waals surface area contributed by atoms with Gasteiger partial charge in [-0.25, -0.2) is 0 Å². The minimum Gasteiger partial charge on any atom is -0.389 e. The number of alkyl halides is 3. The quantitative estimate of drug-likeness (QED) is 0.882. The molecule has 0 amide bonds. The van der Waals surface area contributed by atoms with Gasteiger partial charge in [-0.05, 0) is 5.56 Å². The number of benzene rings is 1. The van der Waals surface area contributed by atoms with Crippen LogP contribution in [0.1, 0.15) is 16.7 Å². The second-order valence-corrected chi connectivity index (χ2v) is 4.43. The zero-order chi connectivity index (χ0) is 14.0. The second kappa shape index (κ2) is 5.00. The predicted octanol–water partition coefficient (Wildman–Crippen LogP) is 2.58. The largest absolute Gasteiger partial charge is 0.419 e. The maximum absolute atomic E-state index is 12.4. The van der Waals surface area contributed by atoms with Gasteiger partial charge in [0, 0.05) is 11.8 Å². The fraction of sp³-hybridized carbons (Fsp3) is 0.167. The summed E-state index contributed by atoms with van der Waals surface area (Å²) in [5, 5.41) is 3.68. The van der Waals surface area contributed by atoms with Crippen molar-refractivity contribution in [3.05, 3.63) is 53.3 Å². The van der Waals surface area contributed by atoms with E-state index in [9.17, 15) is 13.2 Å². The summed E-state index contributed by atoms with van der Waals surface area (Å²) in [5.74, 6) is 0. The minimum atomic E-state index is -4.37. The third kappa shape index (κ3) is 3.31. The Balaban J connectivity index is 2.13. The number of hydrogen-bond acceptors (Lipinski definition) is 2. The maximum Gasteiger partial charge on any atom is 0.419 e. The molecular formula is C12H10F3N3S. The van der Waals surface area contributed by atoms with Crippen molar-refractivity contribution in [1.29, 1.82) is 0 Å². The summed E-state index contributed by atoms with van der Waals surface area (Å²) in [6.07, 6.45) is -2.58. The van der Waals surface area contributed by atoms with Gasteiger partial charge in [0.25, 0.3) is 0 Å². The van der Waals surface area contributed by atoms with Crippen molar-refractivity contribution >= 4 is 17.2 Å². The van der Waals surface area contributed by atoms with E-state index in [1.165, 1.54) is 4.68 Å². The summed E-state index contributed by atoms with van der Waals surface area (Å²) in [6.45, 7) is 0.258. The molecule has 0 bridgehead atoms. The van der Waals surface area contributed by atoms with Crippen molar-refractivity contribution in [3.8, 4) is 0 Å².